The molecule has 2 atom stereocenters. The molecule has 0 bridgehead atoms. The Morgan fingerprint density at radius 1 is 1.16 bits per heavy atom. The molecule has 2 nitrogen and oxygen atoms in total. The Balaban J connectivity index is 1.58. The maximum atomic E-state index is 6.18. The van der Waals surface area contributed by atoms with Gasteiger partial charge in [0.05, 0.1) is 0 Å². The van der Waals surface area contributed by atoms with Crippen molar-refractivity contribution in [3.63, 3.8) is 0 Å². The van der Waals surface area contributed by atoms with Gasteiger partial charge in [-0.1, -0.05) is 37.6 Å². The lowest BCUT2D eigenvalue weighted by molar-refractivity contribution is 0.145. The van der Waals surface area contributed by atoms with Crippen molar-refractivity contribution in [2.45, 2.75) is 51.1 Å². The molecule has 3 rings (SSSR count). The number of hydrogen-bond donors (Lipinski definition) is 1. The lowest BCUT2D eigenvalue weighted by Gasteiger charge is -2.36. The fourth-order valence-electron chi connectivity index (χ4n) is 3.27. The van der Waals surface area contributed by atoms with Crippen molar-refractivity contribution in [2.24, 2.45) is 11.7 Å². The Morgan fingerprint density at radius 2 is 1.89 bits per heavy atom. The molecule has 1 aromatic rings. The Bertz CT molecular complexity index is 408. The molecule has 2 fully saturated rings. The molecule has 104 valence electrons. The van der Waals surface area contributed by atoms with Gasteiger partial charge in [-0.15, -0.1) is 0 Å². The first-order chi connectivity index (χ1) is 9.26. The van der Waals surface area contributed by atoms with Gasteiger partial charge in [0.15, 0.2) is 0 Å². The van der Waals surface area contributed by atoms with Gasteiger partial charge in [0.2, 0.25) is 0 Å². The van der Waals surface area contributed by atoms with Gasteiger partial charge in [-0.3, -0.25) is 4.90 Å². The molecule has 2 aliphatic rings. The summed E-state index contributed by atoms with van der Waals surface area (Å²) in [6.07, 6.45) is 5.14. The van der Waals surface area contributed by atoms with E-state index in [2.05, 4.69) is 36.1 Å². The smallest absolute Gasteiger partial charge is 0.0233 e. The standard InChI is InChI=1S/C17H26N2/c1-2-14-12-19(10-9-17(14)18)11-13-3-5-15(6-4-13)16-7-8-16/h3-6,14,16-17H,2,7-12,18H2,1H3. The molecule has 1 aromatic carbocycles. The van der Waals surface area contributed by atoms with Crippen molar-refractivity contribution in [3.05, 3.63) is 35.4 Å². The van der Waals surface area contributed by atoms with Crippen molar-refractivity contribution in [3.8, 4) is 0 Å². The molecule has 19 heavy (non-hydrogen) atoms. The maximum absolute atomic E-state index is 6.18. The lowest BCUT2D eigenvalue weighted by Crippen LogP contribution is -2.46. The van der Waals surface area contributed by atoms with Crippen LogP contribution < -0.4 is 5.73 Å². The van der Waals surface area contributed by atoms with Crippen LogP contribution >= 0.6 is 0 Å². The maximum Gasteiger partial charge on any atom is 0.0233 e. The van der Waals surface area contributed by atoms with Gasteiger partial charge in [-0.25, -0.2) is 0 Å². The Hall–Kier alpha value is -0.860. The highest BCUT2D eigenvalue weighted by molar-refractivity contribution is 5.28. The van der Waals surface area contributed by atoms with Crippen LogP contribution in [0.25, 0.3) is 0 Å². The van der Waals surface area contributed by atoms with E-state index in [1.165, 1.54) is 36.9 Å². The van der Waals surface area contributed by atoms with Crippen LogP contribution in [0.3, 0.4) is 0 Å². The molecular weight excluding hydrogens is 232 g/mol. The molecule has 2 heteroatoms. The van der Waals surface area contributed by atoms with Gasteiger partial charge >= 0.3 is 0 Å². The fourth-order valence-corrected chi connectivity index (χ4v) is 3.27. The van der Waals surface area contributed by atoms with Crippen LogP contribution in [0, 0.1) is 5.92 Å². The SMILES string of the molecule is CCC1CN(Cc2ccc(C3CC3)cc2)CCC1N. The number of hydrogen-bond acceptors (Lipinski definition) is 2. The molecule has 0 spiro atoms. The molecular formula is C17H26N2. The minimum atomic E-state index is 0.415. The highest BCUT2D eigenvalue weighted by Gasteiger charge is 2.25. The van der Waals surface area contributed by atoms with E-state index >= 15 is 0 Å². The predicted molar refractivity (Wildman–Crippen MR) is 80.1 cm³/mol. The summed E-state index contributed by atoms with van der Waals surface area (Å²) in [7, 11) is 0. The monoisotopic (exact) mass is 258 g/mol. The van der Waals surface area contributed by atoms with E-state index < -0.39 is 0 Å². The van der Waals surface area contributed by atoms with Crippen LogP contribution in [0.1, 0.15) is 49.7 Å². The van der Waals surface area contributed by atoms with Gasteiger partial charge in [-0.05, 0) is 48.8 Å². The zero-order valence-electron chi connectivity index (χ0n) is 12.0. The van der Waals surface area contributed by atoms with Gasteiger partial charge in [0.1, 0.15) is 0 Å². The summed E-state index contributed by atoms with van der Waals surface area (Å²) < 4.78 is 0. The molecule has 1 saturated carbocycles. The minimum absolute atomic E-state index is 0.415. The first-order valence-corrected chi connectivity index (χ1v) is 7.83. The average Bonchev–Trinajstić information content (AvgIpc) is 3.26. The number of rotatable bonds is 4. The van der Waals surface area contributed by atoms with Crippen LogP contribution in [0.5, 0.6) is 0 Å². The predicted octanol–water partition coefficient (Wildman–Crippen LogP) is 3.12. The molecule has 2 N–H and O–H groups in total. The van der Waals surface area contributed by atoms with Crippen molar-refractivity contribution in [2.75, 3.05) is 13.1 Å². The van der Waals surface area contributed by atoms with E-state index in [1.54, 1.807) is 0 Å². The number of nitrogens with two attached hydrogens (primary N) is 1. The van der Waals surface area contributed by atoms with Crippen LogP contribution in [-0.4, -0.2) is 24.0 Å². The summed E-state index contributed by atoms with van der Waals surface area (Å²) >= 11 is 0. The molecule has 1 saturated heterocycles. The molecule has 0 aromatic heterocycles. The summed E-state index contributed by atoms with van der Waals surface area (Å²) in [5, 5.41) is 0. The summed E-state index contributed by atoms with van der Waals surface area (Å²) in [6.45, 7) is 5.68. The molecule has 1 aliphatic carbocycles. The van der Waals surface area contributed by atoms with Gasteiger partial charge in [-0.2, -0.15) is 0 Å². The number of benzene rings is 1. The minimum Gasteiger partial charge on any atom is -0.327 e. The third-order valence-electron chi connectivity index (χ3n) is 4.84. The molecule has 1 heterocycles. The fraction of sp³-hybridized carbons (Fsp3) is 0.647. The van der Waals surface area contributed by atoms with E-state index in [0.717, 1.165) is 25.4 Å². The molecule has 2 unspecified atom stereocenters. The van der Waals surface area contributed by atoms with Crippen LogP contribution in [0.15, 0.2) is 24.3 Å². The normalized spacial score (nSPS) is 28.5. The number of likely N-dealkylation sites (tertiary alicyclic amines) is 1. The summed E-state index contributed by atoms with van der Waals surface area (Å²) in [5.74, 6) is 1.55. The third kappa shape index (κ3) is 3.18. The molecule has 0 amide bonds. The summed E-state index contributed by atoms with van der Waals surface area (Å²) in [5.41, 5.74) is 9.17. The average molecular weight is 258 g/mol. The zero-order chi connectivity index (χ0) is 13.2. The first kappa shape index (κ1) is 13.1. The van der Waals surface area contributed by atoms with Crippen molar-refractivity contribution in [1.29, 1.82) is 0 Å². The highest BCUT2D eigenvalue weighted by atomic mass is 15.1. The Labute approximate surface area is 117 Å². The van der Waals surface area contributed by atoms with Crippen LogP contribution in [0.2, 0.25) is 0 Å². The Morgan fingerprint density at radius 3 is 2.53 bits per heavy atom. The first-order valence-electron chi connectivity index (χ1n) is 7.83. The largest absolute Gasteiger partial charge is 0.327 e. The van der Waals surface area contributed by atoms with E-state index in [1.807, 2.05) is 0 Å². The second kappa shape index (κ2) is 5.64. The summed E-state index contributed by atoms with van der Waals surface area (Å²) in [6, 6.07) is 9.73. The third-order valence-corrected chi connectivity index (χ3v) is 4.84. The number of nitrogens with zero attached hydrogens (tertiary/aromatic N) is 1. The Kier molecular flexibility index (Phi) is 3.90. The van der Waals surface area contributed by atoms with Crippen molar-refractivity contribution in [1.82, 2.24) is 4.90 Å². The van der Waals surface area contributed by atoms with Gasteiger partial charge in [0.25, 0.3) is 0 Å². The van der Waals surface area contributed by atoms with Crippen LogP contribution in [-0.2, 0) is 6.54 Å². The number of piperidine rings is 1. The lowest BCUT2D eigenvalue weighted by atomic mass is 9.90. The van der Waals surface area contributed by atoms with Crippen LogP contribution in [0.4, 0.5) is 0 Å². The van der Waals surface area contributed by atoms with Gasteiger partial charge < -0.3 is 5.73 Å². The van der Waals surface area contributed by atoms with E-state index in [9.17, 15) is 0 Å². The highest BCUT2D eigenvalue weighted by Crippen LogP contribution is 2.39. The second-order valence-electron chi connectivity index (χ2n) is 6.37. The second-order valence-corrected chi connectivity index (χ2v) is 6.37. The van der Waals surface area contributed by atoms with Crippen molar-refractivity contribution < 1.29 is 0 Å². The van der Waals surface area contributed by atoms with Crippen molar-refractivity contribution >= 4 is 0 Å². The van der Waals surface area contributed by atoms with E-state index in [-0.39, 0.29) is 0 Å². The quantitative estimate of drug-likeness (QED) is 0.899. The topological polar surface area (TPSA) is 29.3 Å². The van der Waals surface area contributed by atoms with E-state index in [4.69, 9.17) is 5.73 Å². The van der Waals surface area contributed by atoms with Gasteiger partial charge in [0, 0.05) is 19.1 Å². The molecule has 1 aliphatic heterocycles. The summed E-state index contributed by atoms with van der Waals surface area (Å²) in [4.78, 5) is 2.57. The van der Waals surface area contributed by atoms with E-state index in [0.29, 0.717) is 12.0 Å². The molecule has 0 radical (unpaired) electrons. The zero-order valence-corrected chi connectivity index (χ0v) is 12.0.